The number of carbonyl (C=O) groups is 1. The maximum atomic E-state index is 12.3. The second-order valence-corrected chi connectivity index (χ2v) is 8.61. The van der Waals surface area contributed by atoms with Gasteiger partial charge in [0.15, 0.2) is 0 Å². The lowest BCUT2D eigenvalue weighted by Gasteiger charge is -2.30. The highest BCUT2D eigenvalue weighted by Crippen LogP contribution is 2.22. The molecule has 6 nitrogen and oxygen atoms in total. The van der Waals surface area contributed by atoms with Gasteiger partial charge < -0.3 is 9.64 Å². The van der Waals surface area contributed by atoms with Crippen LogP contribution in [0.25, 0.3) is 0 Å². The molecular formula is C18H28N2O4S. The third-order valence-corrected chi connectivity index (χ3v) is 5.84. The highest BCUT2D eigenvalue weighted by molar-refractivity contribution is 7.92. The average molecular weight is 368 g/mol. The van der Waals surface area contributed by atoms with Crippen LogP contribution in [0.3, 0.4) is 0 Å². The van der Waals surface area contributed by atoms with Crippen molar-refractivity contribution in [3.05, 3.63) is 24.3 Å². The molecule has 1 aromatic carbocycles. The second-order valence-electron chi connectivity index (χ2n) is 6.70. The van der Waals surface area contributed by atoms with E-state index >= 15 is 0 Å². The summed E-state index contributed by atoms with van der Waals surface area (Å²) in [5.74, 6) is 1.47. The second kappa shape index (κ2) is 8.56. The number of carbonyl (C=O) groups excluding carboxylic acids is 1. The zero-order valence-electron chi connectivity index (χ0n) is 15.3. The minimum absolute atomic E-state index is 0.120. The number of anilines is 1. The number of hydrogen-bond donors (Lipinski definition) is 0. The fraction of sp³-hybridized carbons (Fsp3) is 0.611. The molecule has 1 saturated heterocycles. The molecule has 0 aromatic heterocycles. The van der Waals surface area contributed by atoms with Gasteiger partial charge in [0, 0.05) is 26.1 Å². The SMILES string of the molecule is COc1ccc(N(CCCC(=O)N2CCC(C)CC2)S(C)(=O)=O)cc1. The smallest absolute Gasteiger partial charge is 0.232 e. The zero-order chi connectivity index (χ0) is 18.4. The first-order valence-electron chi connectivity index (χ1n) is 8.71. The van der Waals surface area contributed by atoms with E-state index < -0.39 is 10.0 Å². The van der Waals surface area contributed by atoms with E-state index in [4.69, 9.17) is 4.74 Å². The van der Waals surface area contributed by atoms with Gasteiger partial charge in [0.2, 0.25) is 15.9 Å². The van der Waals surface area contributed by atoms with Crippen LogP contribution in [0.1, 0.15) is 32.6 Å². The minimum Gasteiger partial charge on any atom is -0.497 e. The van der Waals surface area contributed by atoms with E-state index in [0.717, 1.165) is 25.9 Å². The van der Waals surface area contributed by atoms with Gasteiger partial charge >= 0.3 is 0 Å². The van der Waals surface area contributed by atoms with Crippen molar-refractivity contribution in [3.63, 3.8) is 0 Å². The van der Waals surface area contributed by atoms with Gasteiger partial charge in [-0.05, 0) is 49.4 Å². The maximum Gasteiger partial charge on any atom is 0.232 e. The van der Waals surface area contributed by atoms with Crippen molar-refractivity contribution in [2.45, 2.75) is 32.6 Å². The Morgan fingerprint density at radius 2 is 1.84 bits per heavy atom. The van der Waals surface area contributed by atoms with Gasteiger partial charge in [-0.1, -0.05) is 6.92 Å². The number of likely N-dealkylation sites (tertiary alicyclic amines) is 1. The van der Waals surface area contributed by atoms with Crippen LogP contribution < -0.4 is 9.04 Å². The fourth-order valence-corrected chi connectivity index (χ4v) is 3.99. The monoisotopic (exact) mass is 368 g/mol. The van der Waals surface area contributed by atoms with Crippen molar-refractivity contribution < 1.29 is 17.9 Å². The van der Waals surface area contributed by atoms with Gasteiger partial charge in [-0.15, -0.1) is 0 Å². The Bertz CT molecular complexity index is 665. The predicted molar refractivity (Wildman–Crippen MR) is 99.4 cm³/mol. The Morgan fingerprint density at radius 1 is 1.24 bits per heavy atom. The largest absolute Gasteiger partial charge is 0.497 e. The number of ether oxygens (including phenoxy) is 1. The Kier molecular flexibility index (Phi) is 6.70. The van der Waals surface area contributed by atoms with E-state index in [1.807, 2.05) is 4.90 Å². The number of rotatable bonds is 7. The van der Waals surface area contributed by atoms with Gasteiger partial charge in [-0.3, -0.25) is 9.10 Å². The molecule has 0 atom stereocenters. The van der Waals surface area contributed by atoms with Gasteiger partial charge in [0.1, 0.15) is 5.75 Å². The number of benzene rings is 1. The van der Waals surface area contributed by atoms with E-state index in [2.05, 4.69) is 6.92 Å². The van der Waals surface area contributed by atoms with Crippen LogP contribution in [0.2, 0.25) is 0 Å². The highest BCUT2D eigenvalue weighted by atomic mass is 32.2. The lowest BCUT2D eigenvalue weighted by molar-refractivity contribution is -0.132. The molecule has 25 heavy (non-hydrogen) atoms. The normalized spacial score (nSPS) is 15.9. The summed E-state index contributed by atoms with van der Waals surface area (Å²) < 4.78 is 30.6. The number of nitrogens with zero attached hydrogens (tertiary/aromatic N) is 2. The Balaban J connectivity index is 1.93. The van der Waals surface area contributed by atoms with Crippen LogP contribution in [0.4, 0.5) is 5.69 Å². The van der Waals surface area contributed by atoms with Gasteiger partial charge in [0.05, 0.1) is 19.1 Å². The number of methoxy groups -OCH3 is 1. The molecule has 1 heterocycles. The molecule has 0 unspecified atom stereocenters. The van der Waals surface area contributed by atoms with E-state index in [1.54, 1.807) is 31.4 Å². The summed E-state index contributed by atoms with van der Waals surface area (Å²) in [7, 11) is -1.83. The molecule has 1 aliphatic rings. The molecule has 2 rings (SSSR count). The summed E-state index contributed by atoms with van der Waals surface area (Å²) in [5, 5.41) is 0. The molecule has 0 N–H and O–H groups in total. The minimum atomic E-state index is -3.40. The summed E-state index contributed by atoms with van der Waals surface area (Å²) in [4.78, 5) is 14.2. The van der Waals surface area contributed by atoms with E-state index in [0.29, 0.717) is 36.7 Å². The number of amides is 1. The first-order chi connectivity index (χ1) is 11.8. The zero-order valence-corrected chi connectivity index (χ0v) is 16.1. The van der Waals surface area contributed by atoms with Crippen LogP contribution in [0.5, 0.6) is 5.75 Å². The van der Waals surface area contributed by atoms with E-state index in [-0.39, 0.29) is 5.91 Å². The quantitative estimate of drug-likeness (QED) is 0.742. The fourth-order valence-electron chi connectivity index (χ4n) is 3.02. The number of sulfonamides is 1. The Hall–Kier alpha value is -1.76. The molecule has 0 spiro atoms. The summed E-state index contributed by atoms with van der Waals surface area (Å²) in [6.07, 6.45) is 4.16. The van der Waals surface area contributed by atoms with Crippen LogP contribution >= 0.6 is 0 Å². The van der Waals surface area contributed by atoms with Crippen molar-refractivity contribution in [1.29, 1.82) is 0 Å². The van der Waals surface area contributed by atoms with E-state index in [9.17, 15) is 13.2 Å². The maximum absolute atomic E-state index is 12.3. The van der Waals surface area contributed by atoms with Crippen LogP contribution in [-0.2, 0) is 14.8 Å². The third-order valence-electron chi connectivity index (χ3n) is 4.65. The summed E-state index contributed by atoms with van der Waals surface area (Å²) in [6, 6.07) is 6.89. The molecular weight excluding hydrogens is 340 g/mol. The average Bonchev–Trinajstić information content (AvgIpc) is 2.58. The lowest BCUT2D eigenvalue weighted by Crippen LogP contribution is -2.38. The molecule has 1 fully saturated rings. The van der Waals surface area contributed by atoms with Crippen LogP contribution in [0.15, 0.2) is 24.3 Å². The molecule has 0 radical (unpaired) electrons. The van der Waals surface area contributed by atoms with Crippen molar-refractivity contribution in [3.8, 4) is 5.75 Å². The molecule has 7 heteroatoms. The van der Waals surface area contributed by atoms with Gasteiger partial charge in [-0.2, -0.15) is 0 Å². The van der Waals surface area contributed by atoms with Crippen molar-refractivity contribution in [1.82, 2.24) is 4.90 Å². The van der Waals surface area contributed by atoms with Gasteiger partial charge in [-0.25, -0.2) is 8.42 Å². The number of hydrogen-bond acceptors (Lipinski definition) is 4. The van der Waals surface area contributed by atoms with Crippen molar-refractivity contribution >= 4 is 21.6 Å². The van der Waals surface area contributed by atoms with E-state index in [1.165, 1.54) is 10.6 Å². The van der Waals surface area contributed by atoms with Gasteiger partial charge in [0.25, 0.3) is 0 Å². The number of piperidine rings is 1. The molecule has 0 aliphatic carbocycles. The molecule has 0 saturated carbocycles. The summed E-state index contributed by atoms with van der Waals surface area (Å²) in [5.41, 5.74) is 0.586. The Labute approximate surface area is 150 Å². The highest BCUT2D eigenvalue weighted by Gasteiger charge is 2.21. The molecule has 0 bridgehead atoms. The molecule has 1 aromatic rings. The van der Waals surface area contributed by atoms with Crippen LogP contribution in [-0.4, -0.2) is 52.2 Å². The predicted octanol–water partition coefficient (Wildman–Crippen LogP) is 2.50. The Morgan fingerprint density at radius 3 is 2.36 bits per heavy atom. The summed E-state index contributed by atoms with van der Waals surface area (Å²) in [6.45, 7) is 4.13. The first kappa shape index (κ1) is 19.6. The summed E-state index contributed by atoms with van der Waals surface area (Å²) >= 11 is 0. The first-order valence-corrected chi connectivity index (χ1v) is 10.6. The van der Waals surface area contributed by atoms with Crippen LogP contribution in [0, 0.1) is 5.92 Å². The molecule has 1 amide bonds. The topological polar surface area (TPSA) is 66.9 Å². The van der Waals surface area contributed by atoms with Crippen molar-refractivity contribution in [2.75, 3.05) is 37.3 Å². The molecule has 1 aliphatic heterocycles. The standard InChI is InChI=1S/C18H28N2O4S/c1-15-10-13-19(14-11-15)18(21)5-4-12-20(25(3,22)23)16-6-8-17(24-2)9-7-16/h6-9,15H,4-5,10-14H2,1-3H3. The van der Waals surface area contributed by atoms with Crippen molar-refractivity contribution in [2.24, 2.45) is 5.92 Å². The molecule has 140 valence electrons. The third kappa shape index (κ3) is 5.63. The lowest BCUT2D eigenvalue weighted by atomic mass is 9.99.